The molecule has 0 N–H and O–H groups in total. The van der Waals surface area contributed by atoms with E-state index in [-0.39, 0.29) is 6.10 Å². The van der Waals surface area contributed by atoms with Crippen LogP contribution in [0.25, 0.3) is 0 Å². The number of hydrogen-bond donors (Lipinski definition) is 0. The largest absolute Gasteiger partial charge is 0.381 e. The zero-order chi connectivity index (χ0) is 11.2. The molecule has 1 fully saturated rings. The number of rotatable bonds is 3. The molecular formula is C11H13NO4. The molecule has 2 heterocycles. The van der Waals surface area contributed by atoms with Crippen LogP contribution in [0.15, 0.2) is 24.5 Å². The van der Waals surface area contributed by atoms with Crippen molar-refractivity contribution in [3.63, 3.8) is 0 Å². The van der Waals surface area contributed by atoms with Crippen LogP contribution in [0.4, 0.5) is 0 Å². The number of hydrogen-bond acceptors (Lipinski definition) is 5. The van der Waals surface area contributed by atoms with Gasteiger partial charge in [0.2, 0.25) is 0 Å². The van der Waals surface area contributed by atoms with E-state index in [0.29, 0.717) is 18.8 Å². The van der Waals surface area contributed by atoms with Crippen LogP contribution in [0.2, 0.25) is 0 Å². The molecule has 1 saturated heterocycles. The minimum Gasteiger partial charge on any atom is -0.381 e. The Bertz CT molecular complexity index is 335. The summed E-state index contributed by atoms with van der Waals surface area (Å²) in [6.07, 6.45) is 4.47. The quantitative estimate of drug-likeness (QED) is 0.571. The Hall–Kier alpha value is -1.46. The molecule has 0 atom stereocenters. The first-order chi connectivity index (χ1) is 7.86. The molecule has 2 rings (SSSR count). The van der Waals surface area contributed by atoms with E-state index < -0.39 is 5.97 Å². The summed E-state index contributed by atoms with van der Waals surface area (Å²) < 4.78 is 5.16. The van der Waals surface area contributed by atoms with Crippen molar-refractivity contribution in [2.24, 2.45) is 0 Å². The maximum Gasteiger partial charge on any atom is 0.374 e. The first-order valence-electron chi connectivity index (χ1n) is 5.21. The second-order valence-corrected chi connectivity index (χ2v) is 3.52. The van der Waals surface area contributed by atoms with Crippen molar-refractivity contribution in [3.05, 3.63) is 30.1 Å². The van der Waals surface area contributed by atoms with Gasteiger partial charge in [0.15, 0.2) is 0 Å². The molecule has 5 nitrogen and oxygen atoms in total. The Labute approximate surface area is 93.3 Å². The standard InChI is InChI=1S/C11H13NO4/c13-11(9-2-1-5-12-8-9)16-15-10-3-6-14-7-4-10/h1-2,5,8,10H,3-4,6-7H2. The molecule has 0 unspecified atom stereocenters. The van der Waals surface area contributed by atoms with Gasteiger partial charge >= 0.3 is 5.97 Å². The van der Waals surface area contributed by atoms with Crippen LogP contribution in [-0.2, 0) is 14.5 Å². The van der Waals surface area contributed by atoms with Gasteiger partial charge in [-0.25, -0.2) is 4.79 Å². The molecule has 1 aliphatic rings. The lowest BCUT2D eigenvalue weighted by atomic mass is 10.2. The predicted molar refractivity (Wildman–Crippen MR) is 54.6 cm³/mol. The fourth-order valence-corrected chi connectivity index (χ4v) is 1.42. The van der Waals surface area contributed by atoms with E-state index in [2.05, 4.69) is 4.98 Å². The third-order valence-corrected chi connectivity index (χ3v) is 2.33. The number of nitrogens with zero attached hydrogens (tertiary/aromatic N) is 1. The summed E-state index contributed by atoms with van der Waals surface area (Å²) in [5, 5.41) is 0. The van der Waals surface area contributed by atoms with Crippen molar-refractivity contribution in [2.75, 3.05) is 13.2 Å². The van der Waals surface area contributed by atoms with Gasteiger partial charge < -0.3 is 4.74 Å². The van der Waals surface area contributed by atoms with E-state index in [9.17, 15) is 4.79 Å². The first kappa shape index (κ1) is 11.0. The van der Waals surface area contributed by atoms with Gasteiger partial charge in [0.05, 0.1) is 5.56 Å². The molecule has 0 bridgehead atoms. The predicted octanol–water partition coefficient (Wildman–Crippen LogP) is 1.35. The monoisotopic (exact) mass is 223 g/mol. The van der Waals surface area contributed by atoms with Gasteiger partial charge in [-0.3, -0.25) is 9.87 Å². The number of aromatic nitrogens is 1. The Balaban J connectivity index is 1.79. The Morgan fingerprint density at radius 1 is 1.44 bits per heavy atom. The van der Waals surface area contributed by atoms with Gasteiger partial charge in [-0.05, 0) is 12.1 Å². The highest BCUT2D eigenvalue weighted by atomic mass is 17.2. The number of carbonyl (C=O) groups excluding carboxylic acids is 1. The van der Waals surface area contributed by atoms with E-state index in [1.165, 1.54) is 6.20 Å². The van der Waals surface area contributed by atoms with Crippen molar-refractivity contribution >= 4 is 5.97 Å². The number of pyridine rings is 1. The topological polar surface area (TPSA) is 57.7 Å². The van der Waals surface area contributed by atoms with Crippen LogP contribution < -0.4 is 0 Å². The summed E-state index contributed by atoms with van der Waals surface area (Å²) in [4.78, 5) is 25.1. The van der Waals surface area contributed by atoms with Crippen LogP contribution in [0, 0.1) is 0 Å². The summed E-state index contributed by atoms with van der Waals surface area (Å²) in [6, 6.07) is 3.30. The number of carbonyl (C=O) groups is 1. The van der Waals surface area contributed by atoms with Crippen molar-refractivity contribution < 1.29 is 19.3 Å². The normalized spacial score (nSPS) is 17.0. The molecule has 16 heavy (non-hydrogen) atoms. The molecule has 0 aromatic carbocycles. The summed E-state index contributed by atoms with van der Waals surface area (Å²) in [5.41, 5.74) is 0.384. The smallest absolute Gasteiger partial charge is 0.374 e. The van der Waals surface area contributed by atoms with E-state index in [0.717, 1.165) is 12.8 Å². The van der Waals surface area contributed by atoms with E-state index in [4.69, 9.17) is 14.5 Å². The van der Waals surface area contributed by atoms with Gasteiger partial charge in [-0.15, -0.1) is 0 Å². The highest BCUT2D eigenvalue weighted by molar-refractivity contribution is 5.88. The molecule has 86 valence electrons. The molecule has 1 aliphatic heterocycles. The van der Waals surface area contributed by atoms with Crippen LogP contribution in [0.1, 0.15) is 23.2 Å². The van der Waals surface area contributed by atoms with Crippen LogP contribution in [0.3, 0.4) is 0 Å². The third kappa shape index (κ3) is 3.01. The third-order valence-electron chi connectivity index (χ3n) is 2.33. The van der Waals surface area contributed by atoms with Gasteiger partial charge in [0.25, 0.3) is 0 Å². The summed E-state index contributed by atoms with van der Waals surface area (Å²) >= 11 is 0. The fourth-order valence-electron chi connectivity index (χ4n) is 1.42. The molecule has 0 saturated carbocycles. The molecular weight excluding hydrogens is 210 g/mol. The maximum absolute atomic E-state index is 11.5. The summed E-state index contributed by atoms with van der Waals surface area (Å²) in [7, 11) is 0. The summed E-state index contributed by atoms with van der Waals surface area (Å²) in [6.45, 7) is 1.30. The van der Waals surface area contributed by atoms with Crippen LogP contribution >= 0.6 is 0 Å². The molecule has 0 radical (unpaired) electrons. The zero-order valence-corrected chi connectivity index (χ0v) is 8.80. The van der Waals surface area contributed by atoms with E-state index >= 15 is 0 Å². The van der Waals surface area contributed by atoms with Gasteiger partial charge in [0, 0.05) is 38.4 Å². The Morgan fingerprint density at radius 3 is 2.94 bits per heavy atom. The van der Waals surface area contributed by atoms with E-state index in [1.807, 2.05) is 0 Å². The fraction of sp³-hybridized carbons (Fsp3) is 0.455. The summed E-state index contributed by atoms with van der Waals surface area (Å²) in [5.74, 6) is -0.514. The lowest BCUT2D eigenvalue weighted by Crippen LogP contribution is -2.24. The van der Waals surface area contributed by atoms with Crippen LogP contribution in [0.5, 0.6) is 0 Å². The highest BCUT2D eigenvalue weighted by Crippen LogP contribution is 2.11. The average Bonchev–Trinajstić information content (AvgIpc) is 2.38. The number of ether oxygens (including phenoxy) is 1. The minimum absolute atomic E-state index is 0.0608. The second kappa shape index (κ2) is 5.58. The molecule has 0 amide bonds. The highest BCUT2D eigenvalue weighted by Gasteiger charge is 2.18. The van der Waals surface area contributed by atoms with Crippen molar-refractivity contribution in [1.29, 1.82) is 0 Å². The second-order valence-electron chi connectivity index (χ2n) is 3.52. The van der Waals surface area contributed by atoms with Gasteiger partial charge in [-0.1, -0.05) is 0 Å². The molecule has 1 aromatic heterocycles. The SMILES string of the molecule is O=C(OOC1CCOCC1)c1cccnc1. The van der Waals surface area contributed by atoms with Crippen molar-refractivity contribution in [1.82, 2.24) is 4.98 Å². The van der Waals surface area contributed by atoms with E-state index in [1.54, 1.807) is 18.3 Å². The molecule has 0 spiro atoms. The first-order valence-corrected chi connectivity index (χ1v) is 5.21. The Kier molecular flexibility index (Phi) is 3.85. The molecule has 5 heteroatoms. The maximum atomic E-state index is 11.5. The van der Waals surface area contributed by atoms with Gasteiger partial charge in [0.1, 0.15) is 6.10 Å². The molecule has 0 aliphatic carbocycles. The van der Waals surface area contributed by atoms with Crippen molar-refractivity contribution in [3.8, 4) is 0 Å². The minimum atomic E-state index is -0.514. The van der Waals surface area contributed by atoms with Crippen LogP contribution in [-0.4, -0.2) is 30.3 Å². The average molecular weight is 223 g/mol. The Morgan fingerprint density at radius 2 is 2.25 bits per heavy atom. The van der Waals surface area contributed by atoms with Crippen molar-refractivity contribution in [2.45, 2.75) is 18.9 Å². The lowest BCUT2D eigenvalue weighted by Gasteiger charge is -2.20. The lowest BCUT2D eigenvalue weighted by molar-refractivity contribution is -0.285. The van der Waals surface area contributed by atoms with Gasteiger partial charge in [-0.2, -0.15) is 4.89 Å². The molecule has 1 aromatic rings. The zero-order valence-electron chi connectivity index (χ0n) is 8.80.